The lowest BCUT2D eigenvalue weighted by Crippen LogP contribution is -2.55. The first-order valence-electron chi connectivity index (χ1n) is 8.04. The number of esters is 1. The molecule has 3 heteroatoms. The van der Waals surface area contributed by atoms with Crippen LogP contribution in [-0.2, 0) is 9.53 Å². The van der Waals surface area contributed by atoms with Crippen molar-refractivity contribution in [3.8, 4) is 0 Å². The Morgan fingerprint density at radius 2 is 1.70 bits per heavy atom. The summed E-state index contributed by atoms with van der Waals surface area (Å²) in [5, 5.41) is 9.84. The Labute approximate surface area is 122 Å². The van der Waals surface area contributed by atoms with Crippen LogP contribution < -0.4 is 0 Å². The van der Waals surface area contributed by atoms with Gasteiger partial charge in [-0.15, -0.1) is 0 Å². The van der Waals surface area contributed by atoms with Crippen molar-refractivity contribution in [2.24, 2.45) is 28.1 Å². The molecule has 4 fully saturated rings. The van der Waals surface area contributed by atoms with Crippen LogP contribution in [0.25, 0.3) is 0 Å². The SMILES string of the molecule is CC(C)(C)C(=O)OCC12CC3CC(CC(CO)(C3)C1)C2. The molecule has 4 rings (SSSR count). The summed E-state index contributed by atoms with van der Waals surface area (Å²) < 4.78 is 5.66. The summed E-state index contributed by atoms with van der Waals surface area (Å²) in [5.74, 6) is 1.40. The Kier molecular flexibility index (Phi) is 3.20. The zero-order valence-corrected chi connectivity index (χ0v) is 13.1. The van der Waals surface area contributed by atoms with E-state index in [2.05, 4.69) is 0 Å². The van der Waals surface area contributed by atoms with E-state index in [9.17, 15) is 9.90 Å². The molecule has 4 aliphatic carbocycles. The van der Waals surface area contributed by atoms with Gasteiger partial charge in [0.2, 0.25) is 0 Å². The van der Waals surface area contributed by atoms with Crippen LogP contribution in [0.3, 0.4) is 0 Å². The molecule has 0 radical (unpaired) electrons. The van der Waals surface area contributed by atoms with Gasteiger partial charge in [0.1, 0.15) is 0 Å². The molecule has 3 nitrogen and oxygen atoms in total. The van der Waals surface area contributed by atoms with Gasteiger partial charge in [-0.25, -0.2) is 0 Å². The van der Waals surface area contributed by atoms with E-state index in [1.54, 1.807) is 0 Å². The minimum atomic E-state index is -0.420. The third-order valence-electron chi connectivity index (χ3n) is 5.76. The molecule has 0 amide bonds. The highest BCUT2D eigenvalue weighted by molar-refractivity contribution is 5.75. The average Bonchev–Trinajstić information content (AvgIpc) is 2.33. The number of hydrogen-bond acceptors (Lipinski definition) is 3. The molecule has 0 saturated heterocycles. The second-order valence-electron chi connectivity index (χ2n) is 8.95. The minimum Gasteiger partial charge on any atom is -0.465 e. The lowest BCUT2D eigenvalue weighted by molar-refractivity contribution is -0.176. The first-order valence-corrected chi connectivity index (χ1v) is 8.04. The van der Waals surface area contributed by atoms with Gasteiger partial charge in [0, 0.05) is 12.0 Å². The monoisotopic (exact) mass is 280 g/mol. The van der Waals surface area contributed by atoms with Gasteiger partial charge in [-0.1, -0.05) is 0 Å². The third kappa shape index (κ3) is 2.38. The Bertz CT molecular complexity index is 393. The van der Waals surface area contributed by atoms with E-state index in [1.165, 1.54) is 32.1 Å². The molecule has 0 aromatic carbocycles. The second kappa shape index (κ2) is 4.46. The van der Waals surface area contributed by atoms with Gasteiger partial charge in [-0.3, -0.25) is 4.79 Å². The fourth-order valence-corrected chi connectivity index (χ4v) is 5.44. The summed E-state index contributed by atoms with van der Waals surface area (Å²) in [7, 11) is 0. The largest absolute Gasteiger partial charge is 0.465 e. The second-order valence-corrected chi connectivity index (χ2v) is 8.95. The Balaban J connectivity index is 1.71. The zero-order valence-electron chi connectivity index (χ0n) is 13.1. The van der Waals surface area contributed by atoms with Crippen molar-refractivity contribution < 1.29 is 14.6 Å². The van der Waals surface area contributed by atoms with Gasteiger partial charge in [0.15, 0.2) is 0 Å². The molecule has 4 saturated carbocycles. The van der Waals surface area contributed by atoms with Gasteiger partial charge in [0.25, 0.3) is 0 Å². The van der Waals surface area contributed by atoms with Crippen LogP contribution in [0.1, 0.15) is 59.3 Å². The smallest absolute Gasteiger partial charge is 0.311 e. The molecule has 0 aromatic heterocycles. The number of carbonyl (C=O) groups excluding carboxylic acids is 1. The van der Waals surface area contributed by atoms with E-state index in [0.717, 1.165) is 18.3 Å². The molecule has 4 bridgehead atoms. The molecule has 2 unspecified atom stereocenters. The minimum absolute atomic E-state index is 0.0914. The molecule has 4 aliphatic rings. The molecular weight excluding hydrogens is 252 g/mol. The van der Waals surface area contributed by atoms with Crippen LogP contribution in [0, 0.1) is 28.1 Å². The van der Waals surface area contributed by atoms with Crippen LogP contribution in [0.15, 0.2) is 0 Å². The van der Waals surface area contributed by atoms with Gasteiger partial charge in [0.05, 0.1) is 12.0 Å². The maximum Gasteiger partial charge on any atom is 0.311 e. The topological polar surface area (TPSA) is 46.5 Å². The normalized spacial score (nSPS) is 42.8. The average molecular weight is 280 g/mol. The number of rotatable bonds is 3. The summed E-state index contributed by atoms with van der Waals surface area (Å²) in [6.07, 6.45) is 7.16. The van der Waals surface area contributed by atoms with E-state index in [1.807, 2.05) is 20.8 Å². The molecule has 0 spiro atoms. The molecular formula is C17H28O3. The molecule has 20 heavy (non-hydrogen) atoms. The molecule has 114 valence electrons. The van der Waals surface area contributed by atoms with Crippen molar-refractivity contribution >= 4 is 5.97 Å². The van der Waals surface area contributed by atoms with Crippen LogP contribution in [0.5, 0.6) is 0 Å². The Morgan fingerprint density at radius 3 is 2.20 bits per heavy atom. The number of hydrogen-bond donors (Lipinski definition) is 1. The molecule has 0 aromatic rings. The van der Waals surface area contributed by atoms with E-state index in [4.69, 9.17) is 4.74 Å². The van der Waals surface area contributed by atoms with Gasteiger partial charge < -0.3 is 9.84 Å². The first-order chi connectivity index (χ1) is 9.26. The Morgan fingerprint density at radius 1 is 1.15 bits per heavy atom. The maximum absolute atomic E-state index is 12.0. The van der Waals surface area contributed by atoms with Crippen molar-refractivity contribution in [1.82, 2.24) is 0 Å². The van der Waals surface area contributed by atoms with Crippen molar-refractivity contribution in [3.63, 3.8) is 0 Å². The number of aliphatic hydroxyl groups is 1. The van der Waals surface area contributed by atoms with E-state index in [0.29, 0.717) is 13.2 Å². The summed E-state index contributed by atoms with van der Waals surface area (Å²) in [6.45, 7) is 6.60. The highest BCUT2D eigenvalue weighted by Gasteiger charge is 2.57. The fraction of sp³-hybridized carbons (Fsp3) is 0.941. The number of aliphatic hydroxyl groups excluding tert-OH is 1. The number of ether oxygens (including phenoxy) is 1. The first kappa shape index (κ1) is 14.4. The predicted octanol–water partition coefficient (Wildman–Crippen LogP) is 3.15. The lowest BCUT2D eigenvalue weighted by atomic mass is 9.44. The zero-order chi connectivity index (χ0) is 14.6. The van der Waals surface area contributed by atoms with Crippen LogP contribution >= 0.6 is 0 Å². The van der Waals surface area contributed by atoms with Crippen LogP contribution in [0.2, 0.25) is 0 Å². The standard InChI is InChI=1S/C17H28O3/c1-15(2,3)14(19)20-11-17-7-12-4-13(8-17)6-16(5-12,9-17)10-18/h12-13,18H,4-11H2,1-3H3. The quantitative estimate of drug-likeness (QED) is 0.808. The summed E-state index contributed by atoms with van der Waals surface area (Å²) in [5.41, 5.74) is -0.122. The van der Waals surface area contributed by atoms with Gasteiger partial charge >= 0.3 is 5.97 Å². The van der Waals surface area contributed by atoms with Crippen LogP contribution in [0.4, 0.5) is 0 Å². The fourth-order valence-electron chi connectivity index (χ4n) is 5.44. The predicted molar refractivity (Wildman–Crippen MR) is 77.0 cm³/mol. The van der Waals surface area contributed by atoms with E-state index in [-0.39, 0.29) is 16.8 Å². The Hall–Kier alpha value is -0.570. The maximum atomic E-state index is 12.0. The molecule has 1 N–H and O–H groups in total. The molecule has 0 aliphatic heterocycles. The van der Waals surface area contributed by atoms with E-state index < -0.39 is 5.41 Å². The summed E-state index contributed by atoms with van der Waals surface area (Å²) >= 11 is 0. The van der Waals surface area contributed by atoms with Crippen molar-refractivity contribution in [1.29, 1.82) is 0 Å². The highest BCUT2D eigenvalue weighted by Crippen LogP contribution is 2.65. The van der Waals surface area contributed by atoms with E-state index >= 15 is 0 Å². The van der Waals surface area contributed by atoms with Crippen molar-refractivity contribution in [2.45, 2.75) is 59.3 Å². The molecule has 2 atom stereocenters. The summed E-state index contributed by atoms with van der Waals surface area (Å²) in [4.78, 5) is 12.0. The molecule has 0 heterocycles. The summed E-state index contributed by atoms with van der Waals surface area (Å²) in [6, 6.07) is 0. The van der Waals surface area contributed by atoms with Crippen molar-refractivity contribution in [2.75, 3.05) is 13.2 Å². The van der Waals surface area contributed by atoms with Crippen LogP contribution in [-0.4, -0.2) is 24.3 Å². The third-order valence-corrected chi connectivity index (χ3v) is 5.76. The number of carbonyl (C=O) groups is 1. The van der Waals surface area contributed by atoms with Gasteiger partial charge in [-0.05, 0) is 76.5 Å². The highest BCUT2D eigenvalue weighted by atomic mass is 16.5. The van der Waals surface area contributed by atoms with Crippen molar-refractivity contribution in [3.05, 3.63) is 0 Å². The van der Waals surface area contributed by atoms with Gasteiger partial charge in [-0.2, -0.15) is 0 Å². The lowest BCUT2D eigenvalue weighted by Gasteiger charge is -2.61.